The number of hydrogen-bond donors (Lipinski definition) is 2. The van der Waals surface area contributed by atoms with Crippen LogP contribution in [0.3, 0.4) is 0 Å². The Hall–Kier alpha value is -2.96. The van der Waals surface area contributed by atoms with Crippen LogP contribution in [0.25, 0.3) is 10.1 Å². The van der Waals surface area contributed by atoms with E-state index >= 15 is 0 Å². The molecular formula is C20H22FN3O4S. The van der Waals surface area contributed by atoms with E-state index in [0.717, 1.165) is 49.2 Å². The molecule has 0 bridgehead atoms. The molecule has 0 amide bonds. The van der Waals surface area contributed by atoms with Crippen molar-refractivity contribution in [3.63, 3.8) is 0 Å². The molecule has 9 heteroatoms. The topological polar surface area (TPSA) is 105 Å². The van der Waals surface area contributed by atoms with Gasteiger partial charge in [-0.1, -0.05) is 0 Å². The van der Waals surface area contributed by atoms with Crippen molar-refractivity contribution in [2.24, 2.45) is 0 Å². The van der Waals surface area contributed by atoms with Gasteiger partial charge in [-0.3, -0.25) is 4.90 Å². The van der Waals surface area contributed by atoms with Crippen LogP contribution >= 0.6 is 11.3 Å². The molecule has 1 aliphatic heterocycles. The van der Waals surface area contributed by atoms with E-state index in [-0.39, 0.29) is 5.82 Å². The standard InChI is InChI=1S/C16H18FN3S.C4H4O4/c17-13-3-4-14-15(12-21-16(14)11-13)20-9-7-19(8-10-20)6-2-1-5-18;5-3(6)1-2-4(7)8/h3-4,11-12H,1-2,6-10H2;1-2H,(H,5,6)(H,7,8)/b;2-1-. The van der Waals surface area contributed by atoms with Gasteiger partial charge >= 0.3 is 11.9 Å². The van der Waals surface area contributed by atoms with Gasteiger partial charge in [-0.2, -0.15) is 5.26 Å². The lowest BCUT2D eigenvalue weighted by atomic mass is 10.2. The molecule has 3 rings (SSSR count). The number of rotatable bonds is 6. The molecule has 0 radical (unpaired) electrons. The molecule has 1 fully saturated rings. The Morgan fingerprint density at radius 2 is 1.83 bits per heavy atom. The maximum atomic E-state index is 13.3. The molecule has 2 aromatic rings. The average molecular weight is 419 g/mol. The summed E-state index contributed by atoms with van der Waals surface area (Å²) in [6.07, 6.45) is 2.71. The Bertz CT molecular complexity index is 898. The molecule has 7 nitrogen and oxygen atoms in total. The quantitative estimate of drug-likeness (QED) is 0.547. The summed E-state index contributed by atoms with van der Waals surface area (Å²) in [4.78, 5) is 23.9. The summed E-state index contributed by atoms with van der Waals surface area (Å²) in [7, 11) is 0. The van der Waals surface area contributed by atoms with E-state index < -0.39 is 11.9 Å². The molecule has 2 N–H and O–H groups in total. The van der Waals surface area contributed by atoms with E-state index in [9.17, 15) is 14.0 Å². The molecule has 1 saturated heterocycles. The van der Waals surface area contributed by atoms with E-state index in [2.05, 4.69) is 21.2 Å². The number of nitrogens with zero attached hydrogens (tertiary/aromatic N) is 3. The van der Waals surface area contributed by atoms with Gasteiger partial charge in [0, 0.05) is 60.2 Å². The monoisotopic (exact) mass is 419 g/mol. The van der Waals surface area contributed by atoms with Crippen molar-refractivity contribution >= 4 is 39.0 Å². The lowest BCUT2D eigenvalue weighted by Gasteiger charge is -2.35. The van der Waals surface area contributed by atoms with Gasteiger partial charge in [0.15, 0.2) is 0 Å². The van der Waals surface area contributed by atoms with Crippen molar-refractivity contribution in [2.45, 2.75) is 12.8 Å². The summed E-state index contributed by atoms with van der Waals surface area (Å²) < 4.78 is 14.3. The third-order valence-corrected chi connectivity index (χ3v) is 5.29. The minimum atomic E-state index is -1.26. The Morgan fingerprint density at radius 1 is 1.17 bits per heavy atom. The minimum absolute atomic E-state index is 0.168. The maximum absolute atomic E-state index is 13.3. The summed E-state index contributed by atoms with van der Waals surface area (Å²) in [5.41, 5.74) is 1.23. The van der Waals surface area contributed by atoms with Gasteiger partial charge in [0.2, 0.25) is 0 Å². The number of piperazine rings is 1. The van der Waals surface area contributed by atoms with Crippen LogP contribution < -0.4 is 4.90 Å². The zero-order valence-electron chi connectivity index (χ0n) is 15.8. The van der Waals surface area contributed by atoms with Crippen LogP contribution in [0.1, 0.15) is 12.8 Å². The number of hydrogen-bond acceptors (Lipinski definition) is 6. The highest BCUT2D eigenvalue weighted by Gasteiger charge is 2.19. The maximum Gasteiger partial charge on any atom is 0.328 e. The molecule has 0 saturated carbocycles. The number of halogens is 1. The second-order valence-electron chi connectivity index (χ2n) is 6.36. The van der Waals surface area contributed by atoms with Crippen LogP contribution in [0, 0.1) is 17.1 Å². The normalized spacial score (nSPS) is 14.4. The number of nitriles is 1. The van der Waals surface area contributed by atoms with E-state index in [0.29, 0.717) is 18.6 Å². The molecule has 29 heavy (non-hydrogen) atoms. The smallest absolute Gasteiger partial charge is 0.328 e. The van der Waals surface area contributed by atoms with Crippen molar-refractivity contribution < 1.29 is 24.2 Å². The molecule has 1 aliphatic rings. The molecule has 2 heterocycles. The van der Waals surface area contributed by atoms with Crippen molar-refractivity contribution in [3.05, 3.63) is 41.5 Å². The van der Waals surface area contributed by atoms with Crippen LogP contribution in [-0.4, -0.2) is 59.8 Å². The highest BCUT2D eigenvalue weighted by Crippen LogP contribution is 2.33. The summed E-state index contributed by atoms with van der Waals surface area (Å²) in [5, 5.41) is 27.5. The zero-order chi connectivity index (χ0) is 21.2. The Balaban J connectivity index is 0.000000321. The fraction of sp³-hybridized carbons (Fsp3) is 0.350. The van der Waals surface area contributed by atoms with Gasteiger partial charge in [0.25, 0.3) is 0 Å². The van der Waals surface area contributed by atoms with Gasteiger partial charge in [-0.25, -0.2) is 14.0 Å². The van der Waals surface area contributed by atoms with Gasteiger partial charge in [0.1, 0.15) is 5.82 Å². The molecule has 0 unspecified atom stereocenters. The van der Waals surface area contributed by atoms with Crippen LogP contribution in [0.2, 0.25) is 0 Å². The van der Waals surface area contributed by atoms with Gasteiger partial charge < -0.3 is 15.1 Å². The molecular weight excluding hydrogens is 397 g/mol. The number of fused-ring (bicyclic) bond motifs is 1. The van der Waals surface area contributed by atoms with Crippen LogP contribution in [0.15, 0.2) is 35.7 Å². The highest BCUT2D eigenvalue weighted by atomic mass is 32.1. The lowest BCUT2D eigenvalue weighted by Crippen LogP contribution is -2.46. The SMILES string of the molecule is N#CCCCN1CCN(c2csc3cc(F)ccc23)CC1.O=C(O)/C=C\C(=O)O. The highest BCUT2D eigenvalue weighted by molar-refractivity contribution is 7.17. The summed E-state index contributed by atoms with van der Waals surface area (Å²) in [6.45, 7) is 5.07. The first-order valence-electron chi connectivity index (χ1n) is 9.05. The van der Waals surface area contributed by atoms with Crippen molar-refractivity contribution in [1.82, 2.24) is 4.90 Å². The predicted molar refractivity (Wildman–Crippen MR) is 110 cm³/mol. The first kappa shape index (κ1) is 22.3. The van der Waals surface area contributed by atoms with Gasteiger partial charge in [-0.05, 0) is 31.2 Å². The second kappa shape index (κ2) is 11.1. The number of aliphatic carboxylic acids is 2. The van der Waals surface area contributed by atoms with Crippen molar-refractivity contribution in [2.75, 3.05) is 37.6 Å². The van der Waals surface area contributed by atoms with E-state index in [1.807, 2.05) is 6.07 Å². The minimum Gasteiger partial charge on any atom is -0.478 e. The Kier molecular flexibility index (Phi) is 8.58. The first-order valence-corrected chi connectivity index (χ1v) is 9.93. The number of thiophene rings is 1. The first-order chi connectivity index (χ1) is 13.9. The second-order valence-corrected chi connectivity index (χ2v) is 7.27. The lowest BCUT2D eigenvalue weighted by molar-refractivity contribution is -0.134. The molecule has 1 aromatic carbocycles. The number of benzene rings is 1. The van der Waals surface area contributed by atoms with E-state index in [1.54, 1.807) is 17.4 Å². The van der Waals surface area contributed by atoms with Crippen LogP contribution in [-0.2, 0) is 9.59 Å². The molecule has 0 spiro atoms. The van der Waals surface area contributed by atoms with Crippen molar-refractivity contribution in [3.8, 4) is 6.07 Å². The fourth-order valence-electron chi connectivity index (χ4n) is 2.97. The molecule has 154 valence electrons. The van der Waals surface area contributed by atoms with Crippen LogP contribution in [0.5, 0.6) is 0 Å². The number of carboxylic acid groups (broad SMARTS) is 2. The fourth-order valence-corrected chi connectivity index (χ4v) is 3.96. The van der Waals surface area contributed by atoms with Gasteiger partial charge in [-0.15, -0.1) is 11.3 Å². The molecule has 0 atom stereocenters. The zero-order valence-corrected chi connectivity index (χ0v) is 16.6. The largest absolute Gasteiger partial charge is 0.478 e. The number of unbranched alkanes of at least 4 members (excludes halogenated alkanes) is 1. The third kappa shape index (κ3) is 7.18. The van der Waals surface area contributed by atoms with E-state index in [1.165, 1.54) is 11.8 Å². The van der Waals surface area contributed by atoms with Crippen molar-refractivity contribution in [1.29, 1.82) is 5.26 Å². The van der Waals surface area contributed by atoms with Crippen LogP contribution in [0.4, 0.5) is 10.1 Å². The Morgan fingerprint density at radius 3 is 2.41 bits per heavy atom. The molecule has 1 aromatic heterocycles. The summed E-state index contributed by atoms with van der Waals surface area (Å²) in [6, 6.07) is 7.23. The molecule has 0 aliphatic carbocycles. The number of carbonyl (C=O) groups is 2. The van der Waals surface area contributed by atoms with E-state index in [4.69, 9.17) is 15.5 Å². The Labute approximate surface area is 171 Å². The summed E-state index contributed by atoms with van der Waals surface area (Å²) >= 11 is 1.61. The average Bonchev–Trinajstić information content (AvgIpc) is 3.10. The predicted octanol–water partition coefficient (Wildman–Crippen LogP) is 3.18. The number of carboxylic acids is 2. The summed E-state index contributed by atoms with van der Waals surface area (Å²) in [5.74, 6) is -2.68. The third-order valence-electron chi connectivity index (χ3n) is 4.36. The number of anilines is 1. The van der Waals surface area contributed by atoms with Gasteiger partial charge in [0.05, 0.1) is 11.8 Å².